The molecule has 0 aromatic carbocycles. The van der Waals surface area contributed by atoms with Crippen LogP contribution in [0.1, 0.15) is 32.8 Å². The minimum atomic E-state index is -0.730. The molecule has 1 aromatic rings. The third kappa shape index (κ3) is 7.31. The number of amides is 1. The Bertz CT molecular complexity index is 874. The lowest BCUT2D eigenvalue weighted by Gasteiger charge is -2.27. The van der Waals surface area contributed by atoms with Crippen LogP contribution in [0.3, 0.4) is 0 Å². The topological polar surface area (TPSA) is 87.1 Å². The van der Waals surface area contributed by atoms with Gasteiger partial charge in [0.2, 0.25) is 0 Å². The molecule has 0 fully saturated rings. The van der Waals surface area contributed by atoms with Crippen LogP contribution in [0.15, 0.2) is 59.9 Å². The molecule has 7 nitrogen and oxygen atoms in total. The van der Waals surface area contributed by atoms with E-state index in [4.69, 9.17) is 4.74 Å². The molecule has 0 aliphatic carbocycles. The van der Waals surface area contributed by atoms with E-state index in [1.807, 2.05) is 43.9 Å². The number of hydrogen-bond donors (Lipinski definition) is 2. The summed E-state index contributed by atoms with van der Waals surface area (Å²) < 4.78 is 5.82. The molecule has 0 saturated heterocycles. The summed E-state index contributed by atoms with van der Waals surface area (Å²) in [6, 6.07) is 1.82. The smallest absolute Gasteiger partial charge is 0.266 e. The zero-order valence-electron chi connectivity index (χ0n) is 18.5. The number of likely N-dealkylation sites (N-methyl/N-ethyl adjacent to an activating group) is 1. The van der Waals surface area contributed by atoms with Gasteiger partial charge in [-0.15, -0.1) is 0 Å². The Morgan fingerprint density at radius 1 is 1.45 bits per heavy atom. The molecular weight excluding hydrogens is 392 g/mol. The third-order valence-electron chi connectivity index (χ3n) is 4.78. The van der Waals surface area contributed by atoms with Crippen LogP contribution in [0.5, 0.6) is 5.75 Å². The first kappa shape index (κ1) is 24.2. The highest BCUT2D eigenvalue weighted by Crippen LogP contribution is 2.30. The second-order valence-electron chi connectivity index (χ2n) is 7.55. The number of aliphatic hydroxyl groups is 1. The van der Waals surface area contributed by atoms with Crippen molar-refractivity contribution in [3.8, 4) is 5.75 Å². The molecule has 1 amide bonds. The van der Waals surface area contributed by atoms with Crippen molar-refractivity contribution < 1.29 is 14.6 Å². The van der Waals surface area contributed by atoms with Gasteiger partial charge in [0, 0.05) is 18.9 Å². The highest BCUT2D eigenvalue weighted by atomic mass is 16.5. The number of fused-ring (bicyclic) bond motifs is 1. The van der Waals surface area contributed by atoms with E-state index in [2.05, 4.69) is 28.6 Å². The predicted octanol–water partition coefficient (Wildman–Crippen LogP) is 3.81. The molecule has 0 bridgehead atoms. The molecule has 2 N–H and O–H groups in total. The minimum Gasteiger partial charge on any atom is -0.476 e. The summed E-state index contributed by atoms with van der Waals surface area (Å²) in [5.74, 6) is 0.821. The molecule has 0 spiro atoms. The van der Waals surface area contributed by atoms with Crippen molar-refractivity contribution in [1.82, 2.24) is 9.88 Å². The fourth-order valence-corrected chi connectivity index (χ4v) is 3.03. The molecule has 0 saturated carbocycles. The highest BCUT2D eigenvalue weighted by Gasteiger charge is 2.30. The van der Waals surface area contributed by atoms with Crippen LogP contribution in [-0.4, -0.2) is 53.0 Å². The number of nitrogens with one attached hydrogen (secondary N) is 1. The van der Waals surface area contributed by atoms with E-state index in [0.717, 1.165) is 17.6 Å². The van der Waals surface area contributed by atoms with E-state index in [1.165, 1.54) is 0 Å². The lowest BCUT2D eigenvalue weighted by Crippen LogP contribution is -2.40. The summed E-state index contributed by atoms with van der Waals surface area (Å²) in [5.41, 5.74) is 1.63. The van der Waals surface area contributed by atoms with Crippen LogP contribution in [-0.2, 0) is 4.79 Å². The summed E-state index contributed by atoms with van der Waals surface area (Å²) in [6.45, 7) is 14.6. The first-order chi connectivity index (χ1) is 14.8. The Balaban J connectivity index is 1.96. The molecule has 2 atom stereocenters. The van der Waals surface area contributed by atoms with Crippen LogP contribution >= 0.6 is 0 Å². The average molecular weight is 425 g/mol. The van der Waals surface area contributed by atoms with Crippen LogP contribution in [0.2, 0.25) is 0 Å². The van der Waals surface area contributed by atoms with Gasteiger partial charge in [0.15, 0.2) is 17.7 Å². The molecule has 1 aromatic heterocycles. The van der Waals surface area contributed by atoms with Gasteiger partial charge in [-0.05, 0) is 55.0 Å². The maximum Gasteiger partial charge on any atom is 0.266 e. The monoisotopic (exact) mass is 424 g/mol. The molecule has 1 aliphatic rings. The van der Waals surface area contributed by atoms with Gasteiger partial charge in [-0.2, -0.15) is 0 Å². The summed E-state index contributed by atoms with van der Waals surface area (Å²) in [5, 5.41) is 13.3. The van der Waals surface area contributed by atoms with E-state index in [9.17, 15) is 9.90 Å². The zero-order valence-corrected chi connectivity index (χ0v) is 18.5. The minimum absolute atomic E-state index is 0.0492. The number of carbonyl (C=O) groups excluding carboxylic acids is 1. The number of carbonyl (C=O) groups is 1. The average Bonchev–Trinajstić information content (AvgIpc) is 2.75. The molecule has 2 rings (SSSR count). The number of hydrogen-bond acceptors (Lipinski definition) is 6. The lowest BCUT2D eigenvalue weighted by atomic mass is 10.1. The van der Waals surface area contributed by atoms with Crippen LogP contribution in [0, 0.1) is 5.92 Å². The van der Waals surface area contributed by atoms with Crippen molar-refractivity contribution in [2.75, 3.05) is 18.4 Å². The number of allylic oxidation sites excluding steroid dienone is 3. The van der Waals surface area contributed by atoms with Gasteiger partial charge in [0.05, 0.1) is 0 Å². The summed E-state index contributed by atoms with van der Waals surface area (Å²) >= 11 is 0. The maximum absolute atomic E-state index is 12.1. The van der Waals surface area contributed by atoms with Gasteiger partial charge in [-0.25, -0.2) is 4.98 Å². The molecule has 2 unspecified atom stereocenters. The van der Waals surface area contributed by atoms with Gasteiger partial charge in [0.1, 0.15) is 6.23 Å². The van der Waals surface area contributed by atoms with Crippen LogP contribution in [0.25, 0.3) is 6.08 Å². The number of aliphatic hydroxyl groups excluding tert-OH is 1. The standard InChI is InChI=1S/C24H32N4O3/c1-6-28(14-8-7-9-18(4)12-13-25-5)21(29)11-10-19-15-20-23(26-16-19)27-24(30)22(31-20)17(2)3/h7,9-13,15-17,21-22,29H,4-6,8,14H2,1-3H3,(H,26,27,30)/b9-7+,11-10+,13-12-. The number of pyridine rings is 1. The Hall–Kier alpha value is -3.03. The number of rotatable bonds is 11. The Morgan fingerprint density at radius 3 is 2.90 bits per heavy atom. The fourth-order valence-electron chi connectivity index (χ4n) is 3.03. The maximum atomic E-state index is 12.1. The van der Waals surface area contributed by atoms with Crippen LogP contribution < -0.4 is 10.1 Å². The Morgan fingerprint density at radius 2 is 2.23 bits per heavy atom. The third-order valence-corrected chi connectivity index (χ3v) is 4.78. The SMILES string of the molecule is C=N/C=C\C(=C)/C=C/CCN(CC)C(O)/C=C/c1cnc2c(c1)OC(C(C)C)C(=O)N2. The number of aliphatic imine (C=N–C) groups is 1. The number of anilines is 1. The molecule has 31 heavy (non-hydrogen) atoms. The van der Waals surface area contributed by atoms with Crippen LogP contribution in [0.4, 0.5) is 5.82 Å². The molecule has 0 radical (unpaired) electrons. The molecule has 1 aliphatic heterocycles. The van der Waals surface area contributed by atoms with Crippen molar-refractivity contribution in [2.24, 2.45) is 10.9 Å². The summed E-state index contributed by atoms with van der Waals surface area (Å²) in [4.78, 5) is 21.9. The van der Waals surface area contributed by atoms with Crippen molar-refractivity contribution in [3.63, 3.8) is 0 Å². The molecule has 2 heterocycles. The molecular formula is C24H32N4O3. The second kappa shape index (κ2) is 12.0. The Labute approximate surface area is 184 Å². The largest absolute Gasteiger partial charge is 0.476 e. The second-order valence-corrected chi connectivity index (χ2v) is 7.55. The highest BCUT2D eigenvalue weighted by molar-refractivity contribution is 5.96. The number of nitrogens with zero attached hydrogens (tertiary/aromatic N) is 3. The van der Waals surface area contributed by atoms with E-state index in [1.54, 1.807) is 30.6 Å². The first-order valence-corrected chi connectivity index (χ1v) is 10.4. The number of ether oxygens (including phenoxy) is 1. The van der Waals surface area contributed by atoms with Gasteiger partial charge in [-0.1, -0.05) is 45.6 Å². The van der Waals surface area contributed by atoms with Gasteiger partial charge < -0.3 is 15.2 Å². The van der Waals surface area contributed by atoms with Gasteiger partial charge in [-0.3, -0.25) is 14.7 Å². The zero-order chi connectivity index (χ0) is 22.8. The van der Waals surface area contributed by atoms with Gasteiger partial charge in [0.25, 0.3) is 5.91 Å². The summed E-state index contributed by atoms with van der Waals surface area (Å²) in [6.07, 6.45) is 12.0. The van der Waals surface area contributed by atoms with Crippen molar-refractivity contribution in [3.05, 3.63) is 60.5 Å². The van der Waals surface area contributed by atoms with Crippen molar-refractivity contribution in [2.45, 2.75) is 39.5 Å². The van der Waals surface area contributed by atoms with E-state index >= 15 is 0 Å². The Kier molecular flexibility index (Phi) is 9.37. The van der Waals surface area contributed by atoms with Gasteiger partial charge >= 0.3 is 0 Å². The normalized spacial score (nSPS) is 17.4. The van der Waals surface area contributed by atoms with E-state index in [0.29, 0.717) is 24.7 Å². The lowest BCUT2D eigenvalue weighted by molar-refractivity contribution is -0.125. The fraction of sp³-hybridized carbons (Fsp3) is 0.375. The van der Waals surface area contributed by atoms with E-state index in [-0.39, 0.29) is 11.8 Å². The summed E-state index contributed by atoms with van der Waals surface area (Å²) in [7, 11) is 0. The number of aromatic nitrogens is 1. The molecule has 7 heteroatoms. The first-order valence-electron chi connectivity index (χ1n) is 10.4. The predicted molar refractivity (Wildman–Crippen MR) is 126 cm³/mol. The molecule has 166 valence electrons. The van der Waals surface area contributed by atoms with Crippen molar-refractivity contribution >= 4 is 24.5 Å². The quantitative estimate of drug-likeness (QED) is 0.320. The van der Waals surface area contributed by atoms with Crippen molar-refractivity contribution in [1.29, 1.82) is 0 Å². The van der Waals surface area contributed by atoms with E-state index < -0.39 is 12.3 Å².